The van der Waals surface area contributed by atoms with Gasteiger partial charge in [-0.05, 0) is 54.4 Å². The number of rotatable bonds is 2. The average molecular weight is 387 g/mol. The van der Waals surface area contributed by atoms with Crippen LogP contribution >= 0.6 is 15.9 Å². The average Bonchev–Trinajstić information content (AvgIpc) is 3.36. The van der Waals surface area contributed by atoms with Crippen molar-refractivity contribution in [3.05, 3.63) is 46.5 Å². The van der Waals surface area contributed by atoms with E-state index < -0.39 is 5.91 Å². The van der Waals surface area contributed by atoms with Gasteiger partial charge in [0.2, 0.25) is 0 Å². The van der Waals surface area contributed by atoms with Crippen molar-refractivity contribution in [1.29, 1.82) is 0 Å². The van der Waals surface area contributed by atoms with Crippen LogP contribution in [-0.2, 0) is 9.59 Å². The summed E-state index contributed by atoms with van der Waals surface area (Å²) < 4.78 is 0.861. The number of hydrazine groups is 1. The Morgan fingerprint density at radius 2 is 1.54 bits per heavy atom. The quantitative estimate of drug-likeness (QED) is 0.625. The molecule has 3 fully saturated rings. The summed E-state index contributed by atoms with van der Waals surface area (Å²) in [4.78, 5) is 37.9. The van der Waals surface area contributed by atoms with Crippen LogP contribution in [0.4, 0.5) is 0 Å². The number of nitrogens with zero attached hydrogens (tertiary/aromatic N) is 1. The minimum absolute atomic E-state index is 0.163. The van der Waals surface area contributed by atoms with Gasteiger partial charge in [0.1, 0.15) is 0 Å². The van der Waals surface area contributed by atoms with E-state index in [1.54, 1.807) is 24.3 Å². The summed E-state index contributed by atoms with van der Waals surface area (Å²) in [6, 6.07) is 6.80. The van der Waals surface area contributed by atoms with E-state index in [1.807, 2.05) is 0 Å². The van der Waals surface area contributed by atoms with Crippen molar-refractivity contribution in [2.75, 3.05) is 0 Å². The molecule has 24 heavy (non-hydrogen) atoms. The zero-order valence-corrected chi connectivity index (χ0v) is 14.3. The van der Waals surface area contributed by atoms with E-state index in [9.17, 15) is 14.4 Å². The number of nitrogens with one attached hydrogen (secondary N) is 1. The molecule has 0 radical (unpaired) electrons. The highest BCUT2D eigenvalue weighted by atomic mass is 79.9. The van der Waals surface area contributed by atoms with Crippen molar-refractivity contribution in [3.63, 3.8) is 0 Å². The molecule has 0 unspecified atom stereocenters. The fraction of sp³-hybridized carbons (Fsp3) is 0.389. The first-order chi connectivity index (χ1) is 11.6. The Bertz CT molecular complexity index is 767. The number of carbonyl (C=O) groups excluding carboxylic acids is 3. The fourth-order valence-corrected chi connectivity index (χ4v) is 5.10. The van der Waals surface area contributed by atoms with Crippen molar-refractivity contribution >= 4 is 33.7 Å². The first-order valence-corrected chi connectivity index (χ1v) is 8.98. The van der Waals surface area contributed by atoms with Crippen LogP contribution in [0.2, 0.25) is 0 Å². The largest absolute Gasteiger partial charge is 0.272 e. The molecule has 6 atom stereocenters. The third-order valence-electron chi connectivity index (χ3n) is 5.98. The molecule has 1 saturated heterocycles. The van der Waals surface area contributed by atoms with Gasteiger partial charge >= 0.3 is 0 Å². The zero-order chi connectivity index (χ0) is 16.6. The van der Waals surface area contributed by atoms with Crippen LogP contribution in [-0.4, -0.2) is 22.7 Å². The Hall–Kier alpha value is -1.95. The van der Waals surface area contributed by atoms with Crippen LogP contribution in [0, 0.1) is 35.5 Å². The minimum atomic E-state index is -0.437. The Kier molecular flexibility index (Phi) is 2.87. The Morgan fingerprint density at radius 1 is 1.00 bits per heavy atom. The Labute approximate surface area is 147 Å². The van der Waals surface area contributed by atoms with Crippen LogP contribution in [0.1, 0.15) is 16.8 Å². The molecule has 1 heterocycles. The smallest absolute Gasteiger partial charge is 0.270 e. The highest BCUT2D eigenvalue weighted by Gasteiger charge is 2.67. The SMILES string of the molecule is O=C(NN1C(=O)[C@@H]2[C@H]3C=C[C@@H]([C@@H]4C[C@H]34)[C@@H]2C1=O)c1ccc(Br)cc1. The molecular formula is C18H15BrN2O3. The van der Waals surface area contributed by atoms with E-state index >= 15 is 0 Å². The lowest BCUT2D eigenvalue weighted by Gasteiger charge is -2.37. The van der Waals surface area contributed by atoms with E-state index in [0.717, 1.165) is 15.9 Å². The number of benzene rings is 1. The van der Waals surface area contributed by atoms with E-state index in [4.69, 9.17) is 0 Å². The maximum Gasteiger partial charge on any atom is 0.270 e. The summed E-state index contributed by atoms with van der Waals surface area (Å²) in [5.74, 6) is -0.0797. The van der Waals surface area contributed by atoms with Gasteiger partial charge < -0.3 is 0 Å². The van der Waals surface area contributed by atoms with Crippen LogP contribution in [0.3, 0.4) is 0 Å². The van der Waals surface area contributed by atoms with Gasteiger partial charge in [0.15, 0.2) is 0 Å². The molecule has 1 aromatic carbocycles. The molecule has 2 saturated carbocycles. The number of amides is 3. The molecule has 1 aromatic rings. The third-order valence-corrected chi connectivity index (χ3v) is 6.51. The number of hydrogen-bond donors (Lipinski definition) is 1. The van der Waals surface area contributed by atoms with Crippen LogP contribution in [0.25, 0.3) is 0 Å². The van der Waals surface area contributed by atoms with Crippen molar-refractivity contribution < 1.29 is 14.4 Å². The lowest BCUT2D eigenvalue weighted by atomic mass is 9.63. The molecule has 5 aliphatic rings. The molecular weight excluding hydrogens is 372 g/mol. The first-order valence-electron chi connectivity index (χ1n) is 8.19. The second kappa shape index (κ2) is 4.79. The monoisotopic (exact) mass is 386 g/mol. The minimum Gasteiger partial charge on any atom is -0.272 e. The second-order valence-electron chi connectivity index (χ2n) is 7.11. The number of halogens is 1. The zero-order valence-electron chi connectivity index (χ0n) is 12.7. The first kappa shape index (κ1) is 14.4. The topological polar surface area (TPSA) is 66.5 Å². The molecule has 4 aliphatic carbocycles. The highest BCUT2D eigenvalue weighted by Crippen LogP contribution is 2.65. The summed E-state index contributed by atoms with van der Waals surface area (Å²) in [6.45, 7) is 0. The van der Waals surface area contributed by atoms with Gasteiger partial charge in [-0.2, -0.15) is 5.01 Å². The molecule has 122 valence electrons. The molecule has 5 nitrogen and oxygen atoms in total. The fourth-order valence-electron chi connectivity index (χ4n) is 4.83. The molecule has 1 aliphatic heterocycles. The third kappa shape index (κ3) is 1.83. The van der Waals surface area contributed by atoms with E-state index in [0.29, 0.717) is 17.4 Å². The van der Waals surface area contributed by atoms with Crippen LogP contribution in [0.15, 0.2) is 40.9 Å². The maximum atomic E-state index is 12.8. The lowest BCUT2D eigenvalue weighted by molar-refractivity contribution is -0.143. The number of allylic oxidation sites excluding steroid dienone is 2. The van der Waals surface area contributed by atoms with E-state index in [1.165, 1.54) is 0 Å². The molecule has 6 rings (SSSR count). The van der Waals surface area contributed by atoms with Crippen molar-refractivity contribution in [3.8, 4) is 0 Å². The van der Waals surface area contributed by atoms with Gasteiger partial charge in [-0.25, -0.2) is 0 Å². The number of carbonyl (C=O) groups is 3. The molecule has 6 heteroatoms. The van der Waals surface area contributed by atoms with Crippen LogP contribution in [0.5, 0.6) is 0 Å². The van der Waals surface area contributed by atoms with E-state index in [-0.39, 0.29) is 35.5 Å². The van der Waals surface area contributed by atoms with Gasteiger partial charge in [0.05, 0.1) is 11.8 Å². The molecule has 2 bridgehead atoms. The molecule has 1 N–H and O–H groups in total. The Balaban J connectivity index is 1.40. The normalized spacial score (nSPS) is 38.1. The van der Waals surface area contributed by atoms with Crippen molar-refractivity contribution in [2.24, 2.45) is 35.5 Å². The number of hydrogen-bond acceptors (Lipinski definition) is 3. The molecule has 0 aromatic heterocycles. The second-order valence-corrected chi connectivity index (χ2v) is 8.03. The van der Waals surface area contributed by atoms with Crippen LogP contribution < -0.4 is 5.43 Å². The van der Waals surface area contributed by atoms with Gasteiger partial charge in [-0.15, -0.1) is 0 Å². The summed E-state index contributed by atoms with van der Waals surface area (Å²) in [7, 11) is 0. The summed E-state index contributed by atoms with van der Waals surface area (Å²) in [5, 5.41) is 0.970. The molecule has 3 amide bonds. The predicted molar refractivity (Wildman–Crippen MR) is 88.2 cm³/mol. The van der Waals surface area contributed by atoms with Gasteiger partial charge in [0.25, 0.3) is 17.7 Å². The van der Waals surface area contributed by atoms with Gasteiger partial charge in [-0.1, -0.05) is 28.1 Å². The van der Waals surface area contributed by atoms with E-state index in [2.05, 4.69) is 33.5 Å². The maximum absolute atomic E-state index is 12.8. The summed E-state index contributed by atoms with van der Waals surface area (Å²) >= 11 is 3.32. The Morgan fingerprint density at radius 3 is 2.08 bits per heavy atom. The standard InChI is InChI=1S/C18H15BrN2O3/c19-9-3-1-8(2-4-9)16(22)20-21-17(23)14-10-5-6-11(13-7-12(10)13)15(14)18(21)24/h1-6,10-15H,7H2,(H,20,22)/t10-,11-,12-,13+,14-,15+/m0/s1. The lowest BCUT2D eigenvalue weighted by Crippen LogP contribution is -2.46. The molecule has 0 spiro atoms. The predicted octanol–water partition coefficient (Wildman–Crippen LogP) is 2.15. The summed E-state index contributed by atoms with van der Waals surface area (Å²) in [6.07, 6.45) is 5.36. The number of imide groups is 1. The highest BCUT2D eigenvalue weighted by molar-refractivity contribution is 9.10. The van der Waals surface area contributed by atoms with Crippen molar-refractivity contribution in [1.82, 2.24) is 10.4 Å². The van der Waals surface area contributed by atoms with Crippen molar-refractivity contribution in [2.45, 2.75) is 6.42 Å². The summed E-state index contributed by atoms with van der Waals surface area (Å²) in [5.41, 5.74) is 2.94. The van der Waals surface area contributed by atoms with Gasteiger partial charge in [0, 0.05) is 10.0 Å². The van der Waals surface area contributed by atoms with Gasteiger partial charge in [-0.3, -0.25) is 19.8 Å².